The number of nitrogens with two attached hydrogens (primary N) is 1. The molecular weight excluding hydrogens is 270 g/mol. The van der Waals surface area contributed by atoms with Crippen molar-refractivity contribution in [3.8, 4) is 0 Å². The molecule has 2 N–H and O–H groups in total. The van der Waals surface area contributed by atoms with E-state index in [0.29, 0.717) is 0 Å². The molecule has 2 nitrogen and oxygen atoms in total. The summed E-state index contributed by atoms with van der Waals surface area (Å²) in [6.07, 6.45) is 14.3. The zero-order valence-electron chi connectivity index (χ0n) is 14.5. The van der Waals surface area contributed by atoms with Gasteiger partial charge < -0.3 is 5.73 Å². The molecule has 1 aromatic carbocycles. The molecule has 0 heterocycles. The fraction of sp³-hybridized carbons (Fsp3) is 0.650. The van der Waals surface area contributed by atoms with E-state index in [1.165, 1.54) is 57.8 Å². The summed E-state index contributed by atoms with van der Waals surface area (Å²) in [5, 5.41) is 0. The number of rotatable bonds is 12. The number of carbonyl (C=O) groups is 1. The second-order valence-corrected chi connectivity index (χ2v) is 6.40. The van der Waals surface area contributed by atoms with Crippen LogP contribution in [0.1, 0.15) is 94.0 Å². The van der Waals surface area contributed by atoms with Gasteiger partial charge >= 0.3 is 0 Å². The normalized spacial score (nSPS) is 10.8. The molecule has 0 amide bonds. The van der Waals surface area contributed by atoms with Crippen LogP contribution < -0.4 is 5.73 Å². The lowest BCUT2D eigenvalue weighted by atomic mass is 9.97. The Morgan fingerprint density at radius 2 is 1.45 bits per heavy atom. The zero-order valence-corrected chi connectivity index (χ0v) is 14.5. The fourth-order valence-electron chi connectivity index (χ4n) is 2.97. The number of hydrogen-bond donors (Lipinski definition) is 1. The van der Waals surface area contributed by atoms with Crippen molar-refractivity contribution < 1.29 is 4.79 Å². The lowest BCUT2D eigenvalue weighted by Crippen LogP contribution is -2.01. The third-order valence-electron chi connectivity index (χ3n) is 4.31. The summed E-state index contributed by atoms with van der Waals surface area (Å²) < 4.78 is 0. The third-order valence-corrected chi connectivity index (χ3v) is 4.31. The predicted octanol–water partition coefficient (Wildman–Crippen LogP) is 5.93. The number of Topliss-reactive ketones (excluding diaryl/α,β-unsaturated/α-hetero) is 1. The summed E-state index contributed by atoms with van der Waals surface area (Å²) in [5.74, 6) is 0.141. The maximum Gasteiger partial charge on any atom is 0.160 e. The first-order valence-corrected chi connectivity index (χ1v) is 9.04. The molecule has 124 valence electrons. The van der Waals surface area contributed by atoms with Crippen molar-refractivity contribution in [1.82, 2.24) is 0 Å². The molecule has 0 saturated heterocycles. The van der Waals surface area contributed by atoms with Crippen LogP contribution in [0.25, 0.3) is 0 Å². The quantitative estimate of drug-likeness (QED) is 0.295. The molecule has 0 spiro atoms. The number of aryl methyl sites for hydroxylation is 1. The molecule has 0 aliphatic heterocycles. The van der Waals surface area contributed by atoms with Crippen molar-refractivity contribution in [2.75, 3.05) is 5.73 Å². The van der Waals surface area contributed by atoms with Crippen molar-refractivity contribution in [2.24, 2.45) is 0 Å². The number of ketones is 1. The molecular formula is C20H33NO. The molecule has 0 aliphatic rings. The van der Waals surface area contributed by atoms with E-state index in [9.17, 15) is 4.79 Å². The van der Waals surface area contributed by atoms with E-state index >= 15 is 0 Å². The average molecular weight is 303 g/mol. The van der Waals surface area contributed by atoms with Gasteiger partial charge in [0.05, 0.1) is 0 Å². The summed E-state index contributed by atoms with van der Waals surface area (Å²) in [4.78, 5) is 11.6. The van der Waals surface area contributed by atoms with Gasteiger partial charge in [-0.25, -0.2) is 0 Å². The van der Waals surface area contributed by atoms with Crippen LogP contribution in [0.15, 0.2) is 18.2 Å². The van der Waals surface area contributed by atoms with E-state index in [0.717, 1.165) is 29.7 Å². The van der Waals surface area contributed by atoms with Gasteiger partial charge in [0.2, 0.25) is 0 Å². The lowest BCUT2D eigenvalue weighted by Gasteiger charge is -2.08. The number of nitrogen functional groups attached to an aromatic ring is 1. The monoisotopic (exact) mass is 303 g/mol. The van der Waals surface area contributed by atoms with Crippen molar-refractivity contribution in [3.63, 3.8) is 0 Å². The van der Waals surface area contributed by atoms with E-state index in [4.69, 9.17) is 5.73 Å². The maximum absolute atomic E-state index is 11.6. The van der Waals surface area contributed by atoms with Crippen molar-refractivity contribution >= 4 is 11.5 Å². The minimum Gasteiger partial charge on any atom is -0.399 e. The van der Waals surface area contributed by atoms with Crippen molar-refractivity contribution in [1.29, 1.82) is 0 Å². The van der Waals surface area contributed by atoms with Gasteiger partial charge in [-0.2, -0.15) is 0 Å². The summed E-state index contributed by atoms with van der Waals surface area (Å²) in [7, 11) is 0. The van der Waals surface area contributed by atoms with E-state index < -0.39 is 0 Å². The van der Waals surface area contributed by atoms with Crippen LogP contribution in [-0.2, 0) is 6.42 Å². The van der Waals surface area contributed by atoms with Gasteiger partial charge in [0, 0.05) is 11.3 Å². The Kier molecular flexibility index (Phi) is 9.61. The van der Waals surface area contributed by atoms with Crippen LogP contribution in [0, 0.1) is 0 Å². The smallest absolute Gasteiger partial charge is 0.160 e. The van der Waals surface area contributed by atoms with Gasteiger partial charge in [-0.1, -0.05) is 64.7 Å². The van der Waals surface area contributed by atoms with E-state index in [1.807, 2.05) is 18.2 Å². The fourth-order valence-corrected chi connectivity index (χ4v) is 2.97. The summed E-state index contributed by atoms with van der Waals surface area (Å²) >= 11 is 0. The van der Waals surface area contributed by atoms with Gasteiger partial charge in [-0.3, -0.25) is 4.79 Å². The summed E-state index contributed by atoms with van der Waals surface area (Å²) in [6.45, 7) is 3.89. The Labute approximate surface area is 136 Å². The minimum absolute atomic E-state index is 0.141. The Bertz CT molecular complexity index is 439. The Hall–Kier alpha value is -1.31. The summed E-state index contributed by atoms with van der Waals surface area (Å²) in [5.41, 5.74) is 8.55. The van der Waals surface area contributed by atoms with E-state index in [1.54, 1.807) is 6.92 Å². The molecule has 0 atom stereocenters. The van der Waals surface area contributed by atoms with Crippen LogP contribution >= 0.6 is 0 Å². The molecule has 0 bridgehead atoms. The van der Waals surface area contributed by atoms with Crippen LogP contribution in [-0.4, -0.2) is 5.78 Å². The van der Waals surface area contributed by atoms with E-state index in [2.05, 4.69) is 6.92 Å². The van der Waals surface area contributed by atoms with Crippen molar-refractivity contribution in [3.05, 3.63) is 29.3 Å². The van der Waals surface area contributed by atoms with Crippen LogP contribution in [0.4, 0.5) is 5.69 Å². The van der Waals surface area contributed by atoms with Gasteiger partial charge in [0.15, 0.2) is 5.78 Å². The second-order valence-electron chi connectivity index (χ2n) is 6.40. The molecule has 0 unspecified atom stereocenters. The Balaban J connectivity index is 2.15. The molecule has 22 heavy (non-hydrogen) atoms. The number of unbranched alkanes of at least 4 members (excludes halogenated alkanes) is 9. The minimum atomic E-state index is 0.141. The van der Waals surface area contributed by atoms with Gasteiger partial charge in [0.1, 0.15) is 0 Å². The third kappa shape index (κ3) is 7.63. The first-order chi connectivity index (χ1) is 10.6. The van der Waals surface area contributed by atoms with E-state index in [-0.39, 0.29) is 5.78 Å². The standard InChI is InChI=1S/C20H33NO/c1-3-4-5-6-7-8-9-10-11-12-13-18-16-19(21)14-15-20(18)17(2)22/h14-16H,3-13,21H2,1-2H3. The van der Waals surface area contributed by atoms with Crippen LogP contribution in [0.3, 0.4) is 0 Å². The summed E-state index contributed by atoms with van der Waals surface area (Å²) in [6, 6.07) is 5.65. The Morgan fingerprint density at radius 1 is 0.909 bits per heavy atom. The maximum atomic E-state index is 11.6. The first kappa shape index (κ1) is 18.7. The number of anilines is 1. The van der Waals surface area contributed by atoms with Gasteiger partial charge in [-0.05, 0) is 43.5 Å². The lowest BCUT2D eigenvalue weighted by molar-refractivity contribution is 0.101. The molecule has 2 heteroatoms. The highest BCUT2D eigenvalue weighted by Crippen LogP contribution is 2.18. The Morgan fingerprint density at radius 3 is 2.00 bits per heavy atom. The number of carbonyl (C=O) groups excluding carboxylic acids is 1. The molecule has 1 aromatic rings. The molecule has 0 radical (unpaired) electrons. The zero-order chi connectivity index (χ0) is 16.2. The highest BCUT2D eigenvalue weighted by molar-refractivity contribution is 5.95. The van der Waals surface area contributed by atoms with Crippen molar-refractivity contribution in [2.45, 2.75) is 84.5 Å². The first-order valence-electron chi connectivity index (χ1n) is 9.04. The van der Waals surface area contributed by atoms with Gasteiger partial charge in [0.25, 0.3) is 0 Å². The molecule has 0 fully saturated rings. The largest absolute Gasteiger partial charge is 0.399 e. The number of hydrogen-bond acceptors (Lipinski definition) is 2. The molecule has 1 rings (SSSR count). The second kappa shape index (κ2) is 11.3. The van der Waals surface area contributed by atoms with Crippen LogP contribution in [0.2, 0.25) is 0 Å². The number of benzene rings is 1. The highest BCUT2D eigenvalue weighted by atomic mass is 16.1. The molecule has 0 aliphatic carbocycles. The molecule has 0 aromatic heterocycles. The van der Waals surface area contributed by atoms with Gasteiger partial charge in [-0.15, -0.1) is 0 Å². The average Bonchev–Trinajstić information content (AvgIpc) is 2.49. The topological polar surface area (TPSA) is 43.1 Å². The highest BCUT2D eigenvalue weighted by Gasteiger charge is 2.07. The predicted molar refractivity (Wildman–Crippen MR) is 96.4 cm³/mol. The SMILES string of the molecule is CCCCCCCCCCCCc1cc(N)ccc1C(C)=O. The molecule has 0 saturated carbocycles. The van der Waals surface area contributed by atoms with Crippen LogP contribution in [0.5, 0.6) is 0 Å².